The highest BCUT2D eigenvalue weighted by atomic mass is 16.5. The van der Waals surface area contributed by atoms with Gasteiger partial charge in [0.25, 0.3) is 0 Å². The number of ether oxygens (including phenoxy) is 1. The Kier molecular flexibility index (Phi) is 5.72. The van der Waals surface area contributed by atoms with E-state index < -0.39 is 0 Å². The Morgan fingerprint density at radius 1 is 1.16 bits per heavy atom. The van der Waals surface area contributed by atoms with E-state index in [2.05, 4.69) is 24.8 Å². The quantitative estimate of drug-likeness (QED) is 0.413. The van der Waals surface area contributed by atoms with Crippen LogP contribution in [0, 0.1) is 0 Å². The molecule has 32 heavy (non-hydrogen) atoms. The minimum Gasteiger partial charge on any atom is -0.461 e. The van der Waals surface area contributed by atoms with Crippen LogP contribution in [0.25, 0.3) is 11.0 Å². The van der Waals surface area contributed by atoms with E-state index in [4.69, 9.17) is 9.15 Å². The van der Waals surface area contributed by atoms with E-state index in [1.807, 2.05) is 53.5 Å². The van der Waals surface area contributed by atoms with E-state index in [-0.39, 0.29) is 12.6 Å². The van der Waals surface area contributed by atoms with Gasteiger partial charge in [-0.1, -0.05) is 17.3 Å². The summed E-state index contributed by atoms with van der Waals surface area (Å²) in [4.78, 5) is 18.0. The molecule has 9 heteroatoms. The van der Waals surface area contributed by atoms with Gasteiger partial charge in [-0.25, -0.2) is 9.67 Å². The minimum absolute atomic E-state index is 0.182. The van der Waals surface area contributed by atoms with Crippen molar-refractivity contribution in [3.05, 3.63) is 66.1 Å². The molecule has 0 unspecified atom stereocenters. The Morgan fingerprint density at radius 2 is 1.97 bits per heavy atom. The number of hydrogen-bond acceptors (Lipinski definition) is 7. The Labute approximate surface area is 185 Å². The number of rotatable bonds is 7. The Bertz CT molecular complexity index is 1200. The molecule has 166 valence electrons. The normalized spacial score (nSPS) is 15.4. The third kappa shape index (κ3) is 4.43. The summed E-state index contributed by atoms with van der Waals surface area (Å²) in [5.41, 5.74) is 1.92. The molecule has 0 saturated carbocycles. The number of esters is 1. The van der Waals surface area contributed by atoms with Crippen molar-refractivity contribution in [2.75, 3.05) is 13.1 Å². The van der Waals surface area contributed by atoms with E-state index in [9.17, 15) is 4.79 Å². The van der Waals surface area contributed by atoms with Crippen molar-refractivity contribution in [3.8, 4) is 0 Å². The minimum atomic E-state index is -0.305. The lowest BCUT2D eigenvalue weighted by molar-refractivity contribution is -0.142. The number of piperidine rings is 1. The van der Waals surface area contributed by atoms with Gasteiger partial charge < -0.3 is 13.7 Å². The van der Waals surface area contributed by atoms with Crippen LogP contribution in [0.3, 0.4) is 0 Å². The van der Waals surface area contributed by atoms with Gasteiger partial charge >= 0.3 is 5.97 Å². The molecule has 9 nitrogen and oxygen atoms in total. The standard InChI is InChI=1S/C23H26N6O3/c1-17(30)31-15-20-7-6-19(32-20)14-27-11-8-18(9-12-27)23-24-10-13-28(23)16-29-22-5-3-2-4-21(22)25-26-29/h2-7,10,13,18H,8-9,11-12,14-16H2,1H3. The topological polar surface area (TPSA) is 91.2 Å². The van der Waals surface area contributed by atoms with Crippen LogP contribution in [-0.4, -0.2) is 48.5 Å². The Hall–Kier alpha value is -3.46. The van der Waals surface area contributed by atoms with Crippen LogP contribution in [0.15, 0.2) is 53.2 Å². The van der Waals surface area contributed by atoms with E-state index in [1.165, 1.54) is 6.92 Å². The first-order valence-electron chi connectivity index (χ1n) is 10.9. The lowest BCUT2D eigenvalue weighted by Crippen LogP contribution is -2.33. The van der Waals surface area contributed by atoms with E-state index in [0.717, 1.165) is 55.1 Å². The predicted octanol–water partition coefficient (Wildman–Crippen LogP) is 3.17. The number of furan rings is 1. The molecule has 0 atom stereocenters. The number of carbonyl (C=O) groups is 1. The van der Waals surface area contributed by atoms with Gasteiger partial charge in [0, 0.05) is 25.2 Å². The third-order valence-electron chi connectivity index (χ3n) is 5.92. The highest BCUT2D eigenvalue weighted by Gasteiger charge is 2.25. The zero-order valence-electron chi connectivity index (χ0n) is 18.1. The maximum atomic E-state index is 11.0. The second kappa shape index (κ2) is 8.96. The van der Waals surface area contributed by atoms with Crippen LogP contribution >= 0.6 is 0 Å². The summed E-state index contributed by atoms with van der Waals surface area (Å²) in [6.45, 7) is 4.89. The number of likely N-dealkylation sites (tertiary alicyclic amines) is 1. The van der Waals surface area contributed by atoms with Crippen molar-refractivity contribution < 1.29 is 13.9 Å². The van der Waals surface area contributed by atoms with Crippen molar-refractivity contribution in [1.29, 1.82) is 0 Å². The summed E-state index contributed by atoms with van der Waals surface area (Å²) >= 11 is 0. The molecule has 4 aromatic rings. The predicted molar refractivity (Wildman–Crippen MR) is 117 cm³/mol. The van der Waals surface area contributed by atoms with Crippen molar-refractivity contribution in [2.24, 2.45) is 0 Å². The molecule has 1 aromatic carbocycles. The van der Waals surface area contributed by atoms with Gasteiger partial charge in [0.05, 0.1) is 12.1 Å². The number of carbonyl (C=O) groups excluding carboxylic acids is 1. The molecule has 0 amide bonds. The summed E-state index contributed by atoms with van der Waals surface area (Å²) in [7, 11) is 0. The van der Waals surface area contributed by atoms with Crippen LogP contribution in [0.2, 0.25) is 0 Å². The average molecular weight is 435 g/mol. The fourth-order valence-corrected chi connectivity index (χ4v) is 4.29. The van der Waals surface area contributed by atoms with E-state index in [1.54, 1.807) is 0 Å². The number of fused-ring (bicyclic) bond motifs is 1. The van der Waals surface area contributed by atoms with Gasteiger partial charge in [-0.2, -0.15) is 0 Å². The first kappa shape index (κ1) is 20.4. The monoisotopic (exact) mass is 434 g/mol. The first-order chi connectivity index (χ1) is 15.7. The maximum absolute atomic E-state index is 11.0. The summed E-state index contributed by atoms with van der Waals surface area (Å²) < 4.78 is 14.9. The van der Waals surface area contributed by atoms with Gasteiger partial charge in [0.1, 0.15) is 36.1 Å². The highest BCUT2D eigenvalue weighted by Crippen LogP contribution is 2.28. The molecule has 0 bridgehead atoms. The second-order valence-electron chi connectivity index (χ2n) is 8.17. The summed E-state index contributed by atoms with van der Waals surface area (Å²) in [6, 6.07) is 11.8. The second-order valence-corrected chi connectivity index (χ2v) is 8.17. The smallest absolute Gasteiger partial charge is 0.303 e. The number of hydrogen-bond donors (Lipinski definition) is 0. The van der Waals surface area contributed by atoms with E-state index in [0.29, 0.717) is 18.3 Å². The lowest BCUT2D eigenvalue weighted by Gasteiger charge is -2.31. The Balaban J connectivity index is 1.18. The van der Waals surface area contributed by atoms with Crippen molar-refractivity contribution >= 4 is 17.0 Å². The zero-order chi connectivity index (χ0) is 21.9. The number of nitrogens with zero attached hydrogens (tertiary/aromatic N) is 6. The first-order valence-corrected chi connectivity index (χ1v) is 10.9. The fourth-order valence-electron chi connectivity index (χ4n) is 4.29. The SMILES string of the molecule is CC(=O)OCc1ccc(CN2CCC(c3nccn3Cn3nnc4ccccc43)CC2)o1. The molecule has 0 radical (unpaired) electrons. The number of aromatic nitrogens is 5. The van der Waals surface area contributed by atoms with Crippen molar-refractivity contribution in [1.82, 2.24) is 29.4 Å². The van der Waals surface area contributed by atoms with Crippen molar-refractivity contribution in [2.45, 2.75) is 45.5 Å². The molecule has 0 N–H and O–H groups in total. The summed E-state index contributed by atoms with van der Waals surface area (Å²) in [5, 5.41) is 8.56. The molecule has 3 aromatic heterocycles. The number of imidazole rings is 1. The molecule has 1 aliphatic rings. The molecule has 1 fully saturated rings. The van der Waals surface area contributed by atoms with Gasteiger partial charge in [-0.05, 0) is 50.2 Å². The molecule has 1 aliphatic heterocycles. The number of para-hydroxylation sites is 1. The highest BCUT2D eigenvalue weighted by molar-refractivity contribution is 5.73. The summed E-state index contributed by atoms with van der Waals surface area (Å²) in [5.74, 6) is 2.77. The molecule has 0 spiro atoms. The zero-order valence-corrected chi connectivity index (χ0v) is 18.1. The maximum Gasteiger partial charge on any atom is 0.303 e. The van der Waals surface area contributed by atoms with E-state index >= 15 is 0 Å². The van der Waals surface area contributed by atoms with Gasteiger partial charge in [-0.3, -0.25) is 9.69 Å². The van der Waals surface area contributed by atoms with Crippen molar-refractivity contribution in [3.63, 3.8) is 0 Å². The van der Waals surface area contributed by atoms with Gasteiger partial charge in [-0.15, -0.1) is 5.10 Å². The fraction of sp³-hybridized carbons (Fsp3) is 0.391. The van der Waals surface area contributed by atoms with Crippen LogP contribution in [0.4, 0.5) is 0 Å². The van der Waals surface area contributed by atoms with Crippen LogP contribution < -0.4 is 0 Å². The van der Waals surface area contributed by atoms with Gasteiger partial charge in [0.2, 0.25) is 0 Å². The third-order valence-corrected chi connectivity index (χ3v) is 5.92. The molecule has 5 rings (SSSR count). The molecular weight excluding hydrogens is 408 g/mol. The van der Waals surface area contributed by atoms with Crippen LogP contribution in [0.5, 0.6) is 0 Å². The Morgan fingerprint density at radius 3 is 2.81 bits per heavy atom. The van der Waals surface area contributed by atoms with Crippen LogP contribution in [0.1, 0.15) is 43.0 Å². The molecule has 1 saturated heterocycles. The van der Waals surface area contributed by atoms with Crippen LogP contribution in [-0.2, 0) is 29.4 Å². The number of benzene rings is 1. The van der Waals surface area contributed by atoms with Gasteiger partial charge in [0.15, 0.2) is 0 Å². The molecular formula is C23H26N6O3. The molecule has 0 aliphatic carbocycles. The molecule has 4 heterocycles. The average Bonchev–Trinajstić information content (AvgIpc) is 3.54. The lowest BCUT2D eigenvalue weighted by atomic mass is 9.96. The summed E-state index contributed by atoms with van der Waals surface area (Å²) in [6.07, 6.45) is 5.96. The largest absolute Gasteiger partial charge is 0.461 e.